The van der Waals surface area contributed by atoms with Crippen molar-refractivity contribution < 1.29 is 4.74 Å². The zero-order valence-electron chi connectivity index (χ0n) is 5.81. The molecule has 0 aromatic heterocycles. The molecule has 2 nitrogen and oxygen atoms in total. The molecule has 2 rings (SSSR count). The van der Waals surface area contributed by atoms with Gasteiger partial charge in [-0.15, -0.1) is 0 Å². The lowest BCUT2D eigenvalue weighted by Gasteiger charge is -2.25. The number of epoxide rings is 1. The Balaban J connectivity index is 0.000000500. The van der Waals surface area contributed by atoms with Crippen molar-refractivity contribution in [3.8, 4) is 0 Å². The Morgan fingerprint density at radius 3 is 2.70 bits per heavy atom. The summed E-state index contributed by atoms with van der Waals surface area (Å²) in [5.74, 6) is 0.728. The van der Waals surface area contributed by atoms with E-state index in [1.165, 1.54) is 6.42 Å². The van der Waals surface area contributed by atoms with Crippen LogP contribution in [0.3, 0.4) is 0 Å². The third-order valence-corrected chi connectivity index (χ3v) is 2.59. The van der Waals surface area contributed by atoms with E-state index < -0.39 is 0 Å². The minimum absolute atomic E-state index is 0. The number of ether oxygens (including phenoxy) is 1. The average molecular weight is 143 g/mol. The van der Waals surface area contributed by atoms with Crippen molar-refractivity contribution >= 4 is 0 Å². The number of piperidine rings is 1. The smallest absolute Gasteiger partial charge is 0.0966 e. The van der Waals surface area contributed by atoms with Gasteiger partial charge in [0.05, 0.1) is 12.2 Å². The van der Waals surface area contributed by atoms with Gasteiger partial charge in [0.2, 0.25) is 0 Å². The highest BCUT2D eigenvalue weighted by molar-refractivity contribution is 5.00. The molecule has 60 valence electrons. The first-order valence-electron chi connectivity index (χ1n) is 3.68. The van der Waals surface area contributed by atoms with E-state index in [0.717, 1.165) is 25.6 Å². The zero-order chi connectivity index (χ0) is 6.32. The first-order chi connectivity index (χ1) is 4.33. The van der Waals surface area contributed by atoms with Crippen LogP contribution >= 0.6 is 0 Å². The van der Waals surface area contributed by atoms with Crippen molar-refractivity contribution in [3.05, 3.63) is 0 Å². The van der Waals surface area contributed by atoms with Gasteiger partial charge in [-0.05, 0) is 18.9 Å². The molecule has 1 spiro atoms. The van der Waals surface area contributed by atoms with E-state index in [0.29, 0.717) is 5.60 Å². The highest BCUT2D eigenvalue weighted by Gasteiger charge is 2.50. The Morgan fingerprint density at radius 2 is 2.30 bits per heavy atom. The molecule has 2 atom stereocenters. The van der Waals surface area contributed by atoms with Gasteiger partial charge in [0, 0.05) is 6.54 Å². The minimum Gasteiger partial charge on any atom is -0.369 e. The van der Waals surface area contributed by atoms with Crippen molar-refractivity contribution in [2.24, 2.45) is 5.92 Å². The van der Waals surface area contributed by atoms with Crippen molar-refractivity contribution in [1.82, 2.24) is 5.32 Å². The predicted molar refractivity (Wildman–Crippen MR) is 42.1 cm³/mol. The van der Waals surface area contributed by atoms with Crippen molar-refractivity contribution in [3.63, 3.8) is 0 Å². The highest BCUT2D eigenvalue weighted by Crippen LogP contribution is 2.39. The Morgan fingerprint density at radius 1 is 1.60 bits per heavy atom. The van der Waals surface area contributed by atoms with Gasteiger partial charge in [-0.1, -0.05) is 14.4 Å². The molecule has 1 N–H and O–H groups in total. The van der Waals surface area contributed by atoms with Crippen molar-refractivity contribution in [2.75, 3.05) is 19.7 Å². The van der Waals surface area contributed by atoms with Crippen LogP contribution in [-0.2, 0) is 4.74 Å². The molecule has 10 heavy (non-hydrogen) atoms. The normalized spacial score (nSPS) is 44.7. The third-order valence-electron chi connectivity index (χ3n) is 2.59. The van der Waals surface area contributed by atoms with Crippen LogP contribution < -0.4 is 5.32 Å². The third kappa shape index (κ3) is 1.06. The van der Waals surface area contributed by atoms with Gasteiger partial charge in [0.1, 0.15) is 0 Å². The van der Waals surface area contributed by atoms with Crippen molar-refractivity contribution in [1.29, 1.82) is 0 Å². The molecule has 0 amide bonds. The maximum Gasteiger partial charge on any atom is 0.0966 e. The highest BCUT2D eigenvalue weighted by atomic mass is 16.6. The molecule has 2 aliphatic heterocycles. The fourth-order valence-electron chi connectivity index (χ4n) is 1.57. The Hall–Kier alpha value is -0.0800. The second kappa shape index (κ2) is 2.51. The first kappa shape index (κ1) is 8.02. The van der Waals surface area contributed by atoms with E-state index in [-0.39, 0.29) is 7.43 Å². The topological polar surface area (TPSA) is 24.6 Å². The van der Waals surface area contributed by atoms with Gasteiger partial charge in [0.15, 0.2) is 0 Å². The number of rotatable bonds is 0. The van der Waals surface area contributed by atoms with Gasteiger partial charge in [-0.25, -0.2) is 0 Å². The maximum atomic E-state index is 5.41. The van der Waals surface area contributed by atoms with E-state index >= 15 is 0 Å². The molecule has 0 aromatic carbocycles. The standard InChI is InChI=1S/C7H13NO.CH4/c1-6-4-8-3-2-7(6)5-9-7;/h6,8H,2-5H2,1H3;1H4. The molecule has 0 aliphatic carbocycles. The summed E-state index contributed by atoms with van der Waals surface area (Å²) < 4.78 is 5.41. The van der Waals surface area contributed by atoms with Crippen molar-refractivity contribution in [2.45, 2.75) is 26.4 Å². The summed E-state index contributed by atoms with van der Waals surface area (Å²) in [5, 5.41) is 3.35. The van der Waals surface area contributed by atoms with Crippen LogP contribution in [0.4, 0.5) is 0 Å². The molecule has 2 heteroatoms. The van der Waals surface area contributed by atoms with Crippen LogP contribution in [0, 0.1) is 5.92 Å². The molecule has 2 fully saturated rings. The largest absolute Gasteiger partial charge is 0.369 e. The lowest BCUT2D eigenvalue weighted by molar-refractivity contribution is 0.183. The Labute approximate surface area is 63.0 Å². The fourth-order valence-corrected chi connectivity index (χ4v) is 1.57. The molecular weight excluding hydrogens is 126 g/mol. The summed E-state index contributed by atoms with van der Waals surface area (Å²) in [7, 11) is 0. The van der Waals surface area contributed by atoms with E-state index in [1.807, 2.05) is 0 Å². The summed E-state index contributed by atoms with van der Waals surface area (Å²) >= 11 is 0. The molecule has 0 radical (unpaired) electrons. The molecule has 2 unspecified atom stereocenters. The summed E-state index contributed by atoms with van der Waals surface area (Å²) in [5.41, 5.74) is 0.325. The molecule has 0 bridgehead atoms. The number of nitrogens with one attached hydrogen (secondary N) is 1. The lowest BCUT2D eigenvalue weighted by atomic mass is 9.88. The first-order valence-corrected chi connectivity index (χ1v) is 3.68. The van der Waals surface area contributed by atoms with Gasteiger partial charge in [-0.2, -0.15) is 0 Å². The number of hydrogen-bond donors (Lipinski definition) is 1. The second-order valence-corrected chi connectivity index (χ2v) is 3.21. The molecule has 2 aliphatic rings. The maximum absolute atomic E-state index is 5.41. The van der Waals surface area contributed by atoms with Gasteiger partial charge >= 0.3 is 0 Å². The molecular formula is C8H17NO. The second-order valence-electron chi connectivity index (χ2n) is 3.21. The summed E-state index contributed by atoms with van der Waals surface area (Å²) in [6.07, 6.45) is 1.22. The Kier molecular flexibility index (Phi) is 2.02. The molecule has 0 aromatic rings. The van der Waals surface area contributed by atoms with Gasteiger partial charge < -0.3 is 10.1 Å². The molecule has 0 saturated carbocycles. The van der Waals surface area contributed by atoms with Crippen LogP contribution in [-0.4, -0.2) is 25.3 Å². The zero-order valence-corrected chi connectivity index (χ0v) is 5.81. The van der Waals surface area contributed by atoms with Crippen LogP contribution in [0.15, 0.2) is 0 Å². The van der Waals surface area contributed by atoms with E-state index in [9.17, 15) is 0 Å². The van der Waals surface area contributed by atoms with Crippen LogP contribution in [0.25, 0.3) is 0 Å². The van der Waals surface area contributed by atoms with E-state index in [4.69, 9.17) is 4.74 Å². The lowest BCUT2D eigenvalue weighted by Crippen LogP contribution is -2.40. The molecule has 2 saturated heterocycles. The Bertz CT molecular complexity index is 120. The van der Waals surface area contributed by atoms with Crippen LogP contribution in [0.1, 0.15) is 20.8 Å². The van der Waals surface area contributed by atoms with Gasteiger partial charge in [-0.3, -0.25) is 0 Å². The fraction of sp³-hybridized carbons (Fsp3) is 1.00. The van der Waals surface area contributed by atoms with E-state index in [2.05, 4.69) is 12.2 Å². The summed E-state index contributed by atoms with van der Waals surface area (Å²) in [6.45, 7) is 5.55. The monoisotopic (exact) mass is 143 g/mol. The SMILES string of the molecule is C.CC1CNCCC12CO2. The van der Waals surface area contributed by atoms with Crippen LogP contribution in [0.2, 0.25) is 0 Å². The summed E-state index contributed by atoms with van der Waals surface area (Å²) in [4.78, 5) is 0. The number of hydrogen-bond acceptors (Lipinski definition) is 2. The quantitative estimate of drug-likeness (QED) is 0.512. The minimum atomic E-state index is 0. The summed E-state index contributed by atoms with van der Waals surface area (Å²) in [6, 6.07) is 0. The average Bonchev–Trinajstić information content (AvgIpc) is 2.60. The van der Waals surface area contributed by atoms with E-state index in [1.54, 1.807) is 0 Å². The van der Waals surface area contributed by atoms with Gasteiger partial charge in [0.25, 0.3) is 0 Å². The molecule has 2 heterocycles. The van der Waals surface area contributed by atoms with Crippen LogP contribution in [0.5, 0.6) is 0 Å². The predicted octanol–water partition coefficient (Wildman–Crippen LogP) is 1.02.